The van der Waals surface area contributed by atoms with E-state index in [0.29, 0.717) is 17.5 Å². The molecule has 0 unspecified atom stereocenters. The molecule has 5 heteroatoms. The van der Waals surface area contributed by atoms with Gasteiger partial charge < -0.3 is 0 Å². The lowest BCUT2D eigenvalue weighted by atomic mass is 9.99. The molecule has 5 nitrogen and oxygen atoms in total. The van der Waals surface area contributed by atoms with E-state index < -0.39 is 4.92 Å². The van der Waals surface area contributed by atoms with E-state index >= 15 is 0 Å². The second kappa shape index (κ2) is 4.90. The van der Waals surface area contributed by atoms with Crippen LogP contribution in [0, 0.1) is 32.8 Å². The van der Waals surface area contributed by atoms with E-state index in [-0.39, 0.29) is 17.7 Å². The maximum Gasteiger partial charge on any atom is 0.287 e. The minimum Gasteiger partial charge on any atom is -0.258 e. The molecule has 0 aliphatic rings. The first kappa shape index (κ1) is 11.7. The van der Waals surface area contributed by atoms with Crippen LogP contribution in [0.1, 0.15) is 23.6 Å². The summed E-state index contributed by atoms with van der Waals surface area (Å²) in [5.41, 5.74) is 1.06. The zero-order valence-electron chi connectivity index (χ0n) is 8.73. The van der Waals surface area contributed by atoms with Crippen LogP contribution in [0.3, 0.4) is 0 Å². The molecule has 1 rings (SSSR count). The summed E-state index contributed by atoms with van der Waals surface area (Å²) in [4.78, 5) is 10.2. The Kier molecular flexibility index (Phi) is 3.58. The van der Waals surface area contributed by atoms with Gasteiger partial charge in [0.2, 0.25) is 0 Å². The van der Waals surface area contributed by atoms with E-state index in [2.05, 4.69) is 0 Å². The number of nitro groups is 1. The predicted octanol–water partition coefficient (Wildman–Crippen LogP) is 2.09. The highest BCUT2D eigenvalue weighted by Gasteiger charge is 2.18. The Morgan fingerprint density at radius 2 is 2.12 bits per heavy atom. The third kappa shape index (κ3) is 2.15. The molecule has 1 aromatic rings. The van der Waals surface area contributed by atoms with Gasteiger partial charge in [-0.2, -0.15) is 10.5 Å². The highest BCUT2D eigenvalue weighted by molar-refractivity contribution is 5.55. The molecule has 0 fully saturated rings. The van der Waals surface area contributed by atoms with Gasteiger partial charge in [0, 0.05) is 6.07 Å². The molecule has 16 heavy (non-hydrogen) atoms. The van der Waals surface area contributed by atoms with Crippen LogP contribution < -0.4 is 0 Å². The number of aryl methyl sites for hydroxylation is 1. The molecule has 0 spiro atoms. The molecular weight excluding hydrogens is 206 g/mol. The molecule has 80 valence electrons. The van der Waals surface area contributed by atoms with Gasteiger partial charge >= 0.3 is 0 Å². The zero-order chi connectivity index (χ0) is 12.1. The smallest absolute Gasteiger partial charge is 0.258 e. The lowest BCUT2D eigenvalue weighted by Gasteiger charge is -2.04. The fourth-order valence-corrected chi connectivity index (χ4v) is 1.50. The maximum absolute atomic E-state index is 10.8. The van der Waals surface area contributed by atoms with Crippen molar-refractivity contribution >= 4 is 5.69 Å². The second-order valence-electron chi connectivity index (χ2n) is 3.21. The molecule has 0 saturated heterocycles. The number of nitriles is 2. The Morgan fingerprint density at radius 3 is 2.56 bits per heavy atom. The Bertz CT molecular complexity index is 509. The van der Waals surface area contributed by atoms with Crippen molar-refractivity contribution in [1.82, 2.24) is 0 Å². The summed E-state index contributed by atoms with van der Waals surface area (Å²) in [7, 11) is 0. The van der Waals surface area contributed by atoms with Crippen molar-refractivity contribution < 1.29 is 4.92 Å². The highest BCUT2D eigenvalue weighted by Crippen LogP contribution is 2.24. The summed E-state index contributed by atoms with van der Waals surface area (Å²) in [6, 6.07) is 6.74. The number of benzene rings is 1. The first-order chi connectivity index (χ1) is 7.63. The van der Waals surface area contributed by atoms with E-state index in [1.54, 1.807) is 6.07 Å². The first-order valence-corrected chi connectivity index (χ1v) is 4.71. The van der Waals surface area contributed by atoms with Gasteiger partial charge in [0.05, 0.1) is 17.4 Å². The molecule has 0 N–H and O–H groups in total. The summed E-state index contributed by atoms with van der Waals surface area (Å²) < 4.78 is 0. The first-order valence-electron chi connectivity index (χ1n) is 4.71. The molecule has 1 aromatic carbocycles. The van der Waals surface area contributed by atoms with Crippen molar-refractivity contribution in [3.05, 3.63) is 38.9 Å². The lowest BCUT2D eigenvalue weighted by Crippen LogP contribution is -1.99. The van der Waals surface area contributed by atoms with E-state index in [1.807, 2.05) is 19.1 Å². The van der Waals surface area contributed by atoms with Gasteiger partial charge in [-0.3, -0.25) is 10.1 Å². The van der Waals surface area contributed by atoms with Gasteiger partial charge in [-0.25, -0.2) is 0 Å². The van der Waals surface area contributed by atoms with E-state index in [0.717, 1.165) is 0 Å². The van der Waals surface area contributed by atoms with Crippen molar-refractivity contribution in [3.8, 4) is 12.1 Å². The number of hydrogen-bond donors (Lipinski definition) is 0. The molecule has 0 saturated carbocycles. The summed E-state index contributed by atoms with van der Waals surface area (Å²) >= 11 is 0. The molecule has 0 radical (unpaired) electrons. The fraction of sp³-hybridized carbons (Fsp3) is 0.273. The summed E-state index contributed by atoms with van der Waals surface area (Å²) in [6.07, 6.45) is 0.641. The van der Waals surface area contributed by atoms with Crippen molar-refractivity contribution in [2.75, 3.05) is 0 Å². The van der Waals surface area contributed by atoms with Gasteiger partial charge in [-0.15, -0.1) is 0 Å². The van der Waals surface area contributed by atoms with Crippen LogP contribution in [0.2, 0.25) is 0 Å². The largest absolute Gasteiger partial charge is 0.287 e. The lowest BCUT2D eigenvalue weighted by molar-refractivity contribution is -0.385. The Labute approximate surface area is 92.7 Å². The molecule has 0 aromatic heterocycles. The Balaban J connectivity index is 3.46. The second-order valence-corrected chi connectivity index (χ2v) is 3.21. The molecule has 0 amide bonds. The number of hydrogen-bond acceptors (Lipinski definition) is 4. The van der Waals surface area contributed by atoms with Gasteiger partial charge in [0.15, 0.2) is 0 Å². The quantitative estimate of drug-likeness (QED) is 0.570. The highest BCUT2D eigenvalue weighted by atomic mass is 16.6. The Morgan fingerprint density at radius 1 is 1.44 bits per heavy atom. The van der Waals surface area contributed by atoms with Gasteiger partial charge in [-0.05, 0) is 17.5 Å². The molecule has 0 aliphatic carbocycles. The van der Waals surface area contributed by atoms with Gasteiger partial charge in [0.1, 0.15) is 11.6 Å². The zero-order valence-corrected chi connectivity index (χ0v) is 8.73. The van der Waals surface area contributed by atoms with Crippen LogP contribution in [0.4, 0.5) is 5.69 Å². The minimum atomic E-state index is -0.585. The van der Waals surface area contributed by atoms with E-state index in [1.165, 1.54) is 6.07 Å². The predicted molar refractivity (Wildman–Crippen MR) is 56.5 cm³/mol. The van der Waals surface area contributed by atoms with Crippen molar-refractivity contribution in [3.63, 3.8) is 0 Å². The minimum absolute atomic E-state index is 0.0918. The molecule has 0 aliphatic heterocycles. The van der Waals surface area contributed by atoms with Crippen molar-refractivity contribution in [2.45, 2.75) is 19.8 Å². The normalized spacial score (nSPS) is 9.19. The Hall–Kier alpha value is -2.40. The molecule has 0 heterocycles. The summed E-state index contributed by atoms with van der Waals surface area (Å²) in [6.45, 7) is 1.82. The van der Waals surface area contributed by atoms with Crippen LogP contribution in [-0.2, 0) is 12.8 Å². The SMILES string of the molecule is CCc1cc(CC#N)cc([N+](=O)[O-])c1C#N. The average Bonchev–Trinajstić information content (AvgIpc) is 2.28. The number of rotatable bonds is 3. The van der Waals surface area contributed by atoms with Gasteiger partial charge in [0.25, 0.3) is 5.69 Å². The van der Waals surface area contributed by atoms with Crippen molar-refractivity contribution in [2.24, 2.45) is 0 Å². The fourth-order valence-electron chi connectivity index (χ4n) is 1.50. The molecule has 0 bridgehead atoms. The van der Waals surface area contributed by atoms with Crippen molar-refractivity contribution in [1.29, 1.82) is 10.5 Å². The molecular formula is C11H9N3O2. The topological polar surface area (TPSA) is 90.7 Å². The third-order valence-corrected chi connectivity index (χ3v) is 2.23. The summed E-state index contributed by atoms with van der Waals surface area (Å²) in [5, 5.41) is 28.2. The van der Waals surface area contributed by atoms with E-state index in [4.69, 9.17) is 10.5 Å². The van der Waals surface area contributed by atoms with Crippen LogP contribution in [0.5, 0.6) is 0 Å². The van der Waals surface area contributed by atoms with Crippen LogP contribution in [0.25, 0.3) is 0 Å². The van der Waals surface area contributed by atoms with Crippen LogP contribution >= 0.6 is 0 Å². The number of nitro benzene ring substituents is 1. The third-order valence-electron chi connectivity index (χ3n) is 2.23. The van der Waals surface area contributed by atoms with Crippen LogP contribution in [0.15, 0.2) is 12.1 Å². The van der Waals surface area contributed by atoms with Crippen LogP contribution in [-0.4, -0.2) is 4.92 Å². The monoisotopic (exact) mass is 215 g/mol. The standard InChI is InChI=1S/C11H9N3O2/c1-2-9-5-8(3-4-12)6-11(14(15)16)10(9)7-13/h5-6H,2-3H2,1H3. The molecule has 0 atom stereocenters. The van der Waals surface area contributed by atoms with E-state index in [9.17, 15) is 10.1 Å². The summed E-state index contributed by atoms with van der Waals surface area (Å²) in [5.74, 6) is 0. The number of nitrogens with zero attached hydrogens (tertiary/aromatic N) is 3. The van der Waals surface area contributed by atoms with Gasteiger partial charge in [-0.1, -0.05) is 13.0 Å². The average molecular weight is 215 g/mol. The maximum atomic E-state index is 10.8.